The van der Waals surface area contributed by atoms with E-state index in [1.165, 1.54) is 0 Å². The molecule has 1 rings (SSSR count). The Morgan fingerprint density at radius 1 is 1.31 bits per heavy atom. The monoisotopic (exact) mass is 226 g/mol. The van der Waals surface area contributed by atoms with Crippen molar-refractivity contribution in [1.29, 1.82) is 0 Å². The van der Waals surface area contributed by atoms with E-state index in [1.54, 1.807) is 7.05 Å². The van der Waals surface area contributed by atoms with E-state index in [0.717, 1.165) is 17.2 Å². The first-order chi connectivity index (χ1) is 7.65. The van der Waals surface area contributed by atoms with E-state index >= 15 is 0 Å². The van der Waals surface area contributed by atoms with Gasteiger partial charge in [0, 0.05) is 25.6 Å². The summed E-state index contributed by atoms with van der Waals surface area (Å²) in [6.45, 7) is 0.246. The van der Waals surface area contributed by atoms with Gasteiger partial charge in [-0.05, 0) is 12.8 Å². The van der Waals surface area contributed by atoms with Crippen LogP contribution in [0.3, 0.4) is 0 Å². The molecule has 0 aromatic rings. The van der Waals surface area contributed by atoms with E-state index in [9.17, 15) is 14.4 Å². The Morgan fingerprint density at radius 2 is 1.94 bits per heavy atom. The van der Waals surface area contributed by atoms with Crippen LogP contribution >= 0.6 is 0 Å². The van der Waals surface area contributed by atoms with E-state index in [0.29, 0.717) is 19.3 Å². The lowest BCUT2D eigenvalue weighted by atomic mass is 10.2. The van der Waals surface area contributed by atoms with Gasteiger partial charge in [-0.25, -0.2) is 0 Å². The predicted molar refractivity (Wildman–Crippen MR) is 54.9 cm³/mol. The number of rotatable bonds is 6. The number of amides is 3. The Balaban J connectivity index is 2.10. The summed E-state index contributed by atoms with van der Waals surface area (Å²) in [5, 5.41) is 3.22. The summed E-state index contributed by atoms with van der Waals surface area (Å²) < 4.78 is 0. The second-order valence-electron chi connectivity index (χ2n) is 3.27. The van der Waals surface area contributed by atoms with E-state index < -0.39 is 11.8 Å². The van der Waals surface area contributed by atoms with E-state index in [1.807, 2.05) is 0 Å². The van der Waals surface area contributed by atoms with E-state index in [4.69, 9.17) is 4.84 Å². The summed E-state index contributed by atoms with van der Waals surface area (Å²) in [5.74, 6) is -0.956. The number of unbranched alkanes of at least 4 members (excludes halogenated alkanes) is 1. The van der Waals surface area contributed by atoms with Crippen LogP contribution in [-0.4, -0.2) is 36.4 Å². The van der Waals surface area contributed by atoms with Crippen molar-refractivity contribution in [3.63, 3.8) is 0 Å². The Bertz CT molecular complexity index is 307. The van der Waals surface area contributed by atoms with Crippen molar-refractivity contribution in [2.75, 3.05) is 13.7 Å². The molecule has 16 heavy (non-hydrogen) atoms. The molecule has 0 aliphatic carbocycles. The smallest absolute Gasteiger partial charge is 0.277 e. The second-order valence-corrected chi connectivity index (χ2v) is 3.27. The first-order valence-electron chi connectivity index (χ1n) is 5.05. The minimum Gasteiger partial charge on any atom is -0.359 e. The highest BCUT2D eigenvalue weighted by atomic mass is 16.7. The number of hydroxylamine groups is 2. The van der Waals surface area contributed by atoms with Crippen LogP contribution in [0.4, 0.5) is 0 Å². The third-order valence-corrected chi connectivity index (χ3v) is 2.07. The van der Waals surface area contributed by atoms with Crippen molar-refractivity contribution in [3.05, 3.63) is 12.2 Å². The molecule has 6 nitrogen and oxygen atoms in total. The van der Waals surface area contributed by atoms with Crippen LogP contribution < -0.4 is 5.32 Å². The number of nitrogens with zero attached hydrogens (tertiary/aromatic N) is 1. The molecule has 0 radical (unpaired) electrons. The molecule has 6 heteroatoms. The van der Waals surface area contributed by atoms with Crippen molar-refractivity contribution in [3.8, 4) is 0 Å². The molecular formula is C10H14N2O4. The molecule has 1 N–H and O–H groups in total. The number of nitrogens with one attached hydrogen (secondary N) is 1. The Kier molecular flexibility index (Phi) is 4.65. The van der Waals surface area contributed by atoms with E-state index in [-0.39, 0.29) is 12.5 Å². The van der Waals surface area contributed by atoms with Crippen LogP contribution in [0.2, 0.25) is 0 Å². The molecule has 1 heterocycles. The number of hydrogen-bond donors (Lipinski definition) is 1. The normalized spacial score (nSPS) is 14.7. The SMILES string of the molecule is CNC(=O)CCCCON1C(=O)C=CC1=O. The Morgan fingerprint density at radius 3 is 2.50 bits per heavy atom. The van der Waals surface area contributed by atoms with Gasteiger partial charge in [-0.15, -0.1) is 5.06 Å². The molecule has 0 aromatic carbocycles. The lowest BCUT2D eigenvalue weighted by molar-refractivity contribution is -0.185. The van der Waals surface area contributed by atoms with Crippen molar-refractivity contribution >= 4 is 17.7 Å². The number of carbonyl (C=O) groups is 3. The maximum Gasteiger partial charge on any atom is 0.277 e. The molecular weight excluding hydrogens is 212 g/mol. The summed E-state index contributed by atoms with van der Waals surface area (Å²) in [7, 11) is 1.58. The molecule has 0 saturated carbocycles. The van der Waals surface area contributed by atoms with Gasteiger partial charge in [0.15, 0.2) is 0 Å². The maximum atomic E-state index is 11.0. The van der Waals surface area contributed by atoms with Crippen LogP contribution in [0.5, 0.6) is 0 Å². The Labute approximate surface area is 93.2 Å². The van der Waals surface area contributed by atoms with Crippen LogP contribution in [-0.2, 0) is 19.2 Å². The van der Waals surface area contributed by atoms with Gasteiger partial charge in [0.2, 0.25) is 5.91 Å². The molecule has 1 aliphatic heterocycles. The molecule has 3 amide bonds. The minimum absolute atomic E-state index is 0.0324. The molecule has 0 unspecified atom stereocenters. The summed E-state index contributed by atoms with van der Waals surface area (Å²) in [6, 6.07) is 0. The van der Waals surface area contributed by atoms with Gasteiger partial charge in [0.25, 0.3) is 11.8 Å². The summed E-state index contributed by atoms with van der Waals surface area (Å²) in [4.78, 5) is 37.9. The quantitative estimate of drug-likeness (QED) is 0.501. The molecule has 0 fully saturated rings. The molecule has 0 aromatic heterocycles. The van der Waals surface area contributed by atoms with Gasteiger partial charge in [-0.3, -0.25) is 19.2 Å². The highest BCUT2D eigenvalue weighted by Gasteiger charge is 2.24. The lowest BCUT2D eigenvalue weighted by Gasteiger charge is -2.12. The minimum atomic E-state index is -0.462. The van der Waals surface area contributed by atoms with E-state index in [2.05, 4.69) is 5.32 Å². The summed E-state index contributed by atoms with van der Waals surface area (Å²) >= 11 is 0. The lowest BCUT2D eigenvalue weighted by Crippen LogP contribution is -2.30. The number of imide groups is 1. The fourth-order valence-corrected chi connectivity index (χ4v) is 1.18. The number of hydrogen-bond acceptors (Lipinski definition) is 4. The zero-order valence-corrected chi connectivity index (χ0v) is 9.06. The summed E-state index contributed by atoms with van der Waals surface area (Å²) in [5.41, 5.74) is 0. The van der Waals surface area contributed by atoms with Gasteiger partial charge in [0.1, 0.15) is 0 Å². The molecule has 0 bridgehead atoms. The average molecular weight is 226 g/mol. The average Bonchev–Trinajstić information content (AvgIpc) is 2.59. The Hall–Kier alpha value is -1.69. The third kappa shape index (κ3) is 3.47. The van der Waals surface area contributed by atoms with Gasteiger partial charge < -0.3 is 5.32 Å². The molecule has 1 aliphatic rings. The zero-order chi connectivity index (χ0) is 12.0. The maximum absolute atomic E-state index is 11.0. The topological polar surface area (TPSA) is 75.7 Å². The fourth-order valence-electron chi connectivity index (χ4n) is 1.18. The number of carbonyl (C=O) groups excluding carboxylic acids is 3. The first-order valence-corrected chi connectivity index (χ1v) is 5.05. The van der Waals surface area contributed by atoms with Gasteiger partial charge in [0.05, 0.1) is 6.61 Å². The second kappa shape index (κ2) is 6.02. The van der Waals surface area contributed by atoms with Gasteiger partial charge in [-0.1, -0.05) is 0 Å². The third-order valence-electron chi connectivity index (χ3n) is 2.07. The molecule has 0 saturated heterocycles. The van der Waals surface area contributed by atoms with Crippen LogP contribution in [0.25, 0.3) is 0 Å². The van der Waals surface area contributed by atoms with Crippen molar-refractivity contribution < 1.29 is 19.2 Å². The van der Waals surface area contributed by atoms with Gasteiger partial charge >= 0.3 is 0 Å². The largest absolute Gasteiger partial charge is 0.359 e. The highest BCUT2D eigenvalue weighted by molar-refractivity contribution is 6.11. The van der Waals surface area contributed by atoms with Crippen molar-refractivity contribution in [2.24, 2.45) is 0 Å². The van der Waals surface area contributed by atoms with Crippen LogP contribution in [0.1, 0.15) is 19.3 Å². The fraction of sp³-hybridized carbons (Fsp3) is 0.500. The molecule has 0 spiro atoms. The van der Waals surface area contributed by atoms with Crippen molar-refractivity contribution in [1.82, 2.24) is 10.4 Å². The standard InChI is InChI=1S/C10H14N2O4/c1-11-8(13)4-2-3-7-16-12-9(14)5-6-10(12)15/h5-6H,2-4,7H2,1H3,(H,11,13). The highest BCUT2D eigenvalue weighted by Crippen LogP contribution is 2.05. The zero-order valence-electron chi connectivity index (χ0n) is 9.06. The molecule has 0 atom stereocenters. The van der Waals surface area contributed by atoms with Gasteiger partial charge in [-0.2, -0.15) is 0 Å². The summed E-state index contributed by atoms with van der Waals surface area (Å²) in [6.07, 6.45) is 4.01. The van der Waals surface area contributed by atoms with Crippen molar-refractivity contribution in [2.45, 2.75) is 19.3 Å². The van der Waals surface area contributed by atoms with Crippen LogP contribution in [0, 0.1) is 0 Å². The molecule has 88 valence electrons. The van der Waals surface area contributed by atoms with Crippen LogP contribution in [0.15, 0.2) is 12.2 Å². The first kappa shape index (κ1) is 12.4. The predicted octanol–water partition coefficient (Wildman–Crippen LogP) is -0.241.